The molecule has 1 aromatic rings. The Morgan fingerprint density at radius 1 is 1.37 bits per heavy atom. The number of nitrogens with one attached hydrogen (secondary N) is 1. The fraction of sp³-hybridized carbons (Fsp3) is 0.500. The predicted molar refractivity (Wildman–Crippen MR) is 78.6 cm³/mol. The summed E-state index contributed by atoms with van der Waals surface area (Å²) >= 11 is 11.8. The summed E-state index contributed by atoms with van der Waals surface area (Å²) in [6, 6.07) is 5.11. The summed E-state index contributed by atoms with van der Waals surface area (Å²) in [6.07, 6.45) is 0.897. The second-order valence-corrected chi connectivity index (χ2v) is 5.33. The normalized spacial score (nSPS) is 13.9. The van der Waals surface area contributed by atoms with Gasteiger partial charge in [0.2, 0.25) is 0 Å². The lowest BCUT2D eigenvalue weighted by atomic mass is 9.99. The molecule has 0 aliphatic heterocycles. The van der Waals surface area contributed by atoms with Gasteiger partial charge in [0.1, 0.15) is 6.04 Å². The third-order valence-electron chi connectivity index (χ3n) is 3.18. The zero-order chi connectivity index (χ0) is 14.4. The molecule has 1 rings (SSSR count). The van der Waals surface area contributed by atoms with Crippen LogP contribution in [0.15, 0.2) is 18.2 Å². The van der Waals surface area contributed by atoms with Gasteiger partial charge in [0, 0.05) is 6.54 Å². The van der Waals surface area contributed by atoms with E-state index in [0.29, 0.717) is 16.6 Å². The van der Waals surface area contributed by atoms with Crippen molar-refractivity contribution in [3.05, 3.63) is 33.8 Å². The Morgan fingerprint density at radius 2 is 2.05 bits per heavy atom. The van der Waals surface area contributed by atoms with Crippen LogP contribution in [0, 0.1) is 5.92 Å². The van der Waals surface area contributed by atoms with Crippen molar-refractivity contribution in [2.75, 3.05) is 7.11 Å². The lowest BCUT2D eigenvalue weighted by Crippen LogP contribution is -2.42. The van der Waals surface area contributed by atoms with Gasteiger partial charge in [-0.25, -0.2) is 0 Å². The van der Waals surface area contributed by atoms with Gasteiger partial charge in [-0.3, -0.25) is 4.79 Å². The van der Waals surface area contributed by atoms with E-state index in [1.165, 1.54) is 7.11 Å². The van der Waals surface area contributed by atoms with Crippen LogP contribution in [-0.2, 0) is 16.1 Å². The van der Waals surface area contributed by atoms with Crippen molar-refractivity contribution in [3.8, 4) is 0 Å². The van der Waals surface area contributed by atoms with Gasteiger partial charge in [-0.1, -0.05) is 49.5 Å². The molecule has 2 atom stereocenters. The van der Waals surface area contributed by atoms with Gasteiger partial charge >= 0.3 is 5.97 Å². The number of hydrogen-bond donors (Lipinski definition) is 1. The van der Waals surface area contributed by atoms with Crippen LogP contribution >= 0.6 is 23.2 Å². The number of ether oxygens (including phenoxy) is 1. The van der Waals surface area contributed by atoms with Crippen LogP contribution < -0.4 is 5.32 Å². The van der Waals surface area contributed by atoms with Crippen molar-refractivity contribution in [3.63, 3.8) is 0 Å². The SMILES string of the molecule is CC[C@H](C)[C@@H](NCc1ccc(Cl)c(Cl)c1)C(=O)OC. The van der Waals surface area contributed by atoms with Gasteiger partial charge in [0.05, 0.1) is 17.2 Å². The zero-order valence-electron chi connectivity index (χ0n) is 11.4. The first-order chi connectivity index (χ1) is 8.99. The molecule has 0 amide bonds. The summed E-state index contributed by atoms with van der Waals surface area (Å²) in [5.41, 5.74) is 0.978. The van der Waals surface area contributed by atoms with E-state index < -0.39 is 0 Å². The van der Waals surface area contributed by atoms with Crippen molar-refractivity contribution in [2.45, 2.75) is 32.9 Å². The first-order valence-corrected chi connectivity index (χ1v) is 7.00. The van der Waals surface area contributed by atoms with E-state index >= 15 is 0 Å². The Bertz CT molecular complexity index is 437. The number of hydrogen-bond acceptors (Lipinski definition) is 3. The first-order valence-electron chi connectivity index (χ1n) is 6.24. The molecule has 3 nitrogen and oxygen atoms in total. The van der Waals surface area contributed by atoms with E-state index in [4.69, 9.17) is 27.9 Å². The second-order valence-electron chi connectivity index (χ2n) is 4.52. The second kappa shape index (κ2) is 7.73. The highest BCUT2D eigenvalue weighted by Gasteiger charge is 2.24. The van der Waals surface area contributed by atoms with Crippen LogP contribution in [0.1, 0.15) is 25.8 Å². The van der Waals surface area contributed by atoms with Gasteiger partial charge in [-0.2, -0.15) is 0 Å². The maximum Gasteiger partial charge on any atom is 0.323 e. The number of esters is 1. The van der Waals surface area contributed by atoms with Crippen LogP contribution in [0.25, 0.3) is 0 Å². The highest BCUT2D eigenvalue weighted by molar-refractivity contribution is 6.42. The summed E-state index contributed by atoms with van der Waals surface area (Å²) in [6.45, 7) is 4.60. The van der Waals surface area contributed by atoms with Crippen molar-refractivity contribution in [1.82, 2.24) is 5.32 Å². The van der Waals surface area contributed by atoms with Gasteiger partial charge < -0.3 is 10.1 Å². The standard InChI is InChI=1S/C14H19Cl2NO2/c1-4-9(2)13(14(18)19-3)17-8-10-5-6-11(15)12(16)7-10/h5-7,9,13,17H,4,8H2,1-3H3/t9-,13+/m0/s1. The molecule has 0 aliphatic carbocycles. The lowest BCUT2D eigenvalue weighted by molar-refractivity contribution is -0.144. The maximum atomic E-state index is 11.7. The summed E-state index contributed by atoms with van der Waals surface area (Å²) < 4.78 is 4.82. The molecular formula is C14H19Cl2NO2. The number of rotatable bonds is 6. The van der Waals surface area contributed by atoms with Gasteiger partial charge in [0.15, 0.2) is 0 Å². The Hall–Kier alpha value is -0.770. The highest BCUT2D eigenvalue weighted by Crippen LogP contribution is 2.22. The molecule has 0 spiro atoms. The van der Waals surface area contributed by atoms with Crippen molar-refractivity contribution in [2.24, 2.45) is 5.92 Å². The molecule has 0 saturated heterocycles. The fourth-order valence-electron chi connectivity index (χ4n) is 1.76. The molecule has 1 aromatic carbocycles. The maximum absolute atomic E-state index is 11.7. The van der Waals surface area contributed by atoms with Crippen LogP contribution in [0.5, 0.6) is 0 Å². The number of benzene rings is 1. The van der Waals surface area contributed by atoms with Crippen LogP contribution in [0.2, 0.25) is 10.0 Å². The molecule has 0 aliphatic rings. The average Bonchev–Trinajstić information content (AvgIpc) is 2.42. The summed E-state index contributed by atoms with van der Waals surface area (Å²) in [4.78, 5) is 11.7. The van der Waals surface area contributed by atoms with Crippen LogP contribution in [0.3, 0.4) is 0 Å². The van der Waals surface area contributed by atoms with Gasteiger partial charge in [-0.15, -0.1) is 0 Å². The third-order valence-corrected chi connectivity index (χ3v) is 3.92. The molecule has 0 fully saturated rings. The summed E-state index contributed by atoms with van der Waals surface area (Å²) in [5.74, 6) is -0.0374. The number of halogens is 2. The minimum absolute atomic E-state index is 0.204. The predicted octanol–water partition coefficient (Wildman–Crippen LogP) is 3.67. The molecule has 0 unspecified atom stereocenters. The molecule has 0 heterocycles. The van der Waals surface area contributed by atoms with Crippen molar-refractivity contribution < 1.29 is 9.53 Å². The molecule has 0 bridgehead atoms. The average molecular weight is 304 g/mol. The molecular weight excluding hydrogens is 285 g/mol. The lowest BCUT2D eigenvalue weighted by Gasteiger charge is -2.22. The van der Waals surface area contributed by atoms with Crippen LogP contribution in [0.4, 0.5) is 0 Å². The zero-order valence-corrected chi connectivity index (χ0v) is 12.9. The molecule has 0 radical (unpaired) electrons. The van der Waals surface area contributed by atoms with E-state index in [1.54, 1.807) is 12.1 Å². The fourth-order valence-corrected chi connectivity index (χ4v) is 2.08. The van der Waals surface area contributed by atoms with E-state index in [9.17, 15) is 4.79 Å². The Labute approximate surface area is 124 Å². The van der Waals surface area contributed by atoms with Crippen molar-refractivity contribution in [1.29, 1.82) is 0 Å². The van der Waals surface area contributed by atoms with Gasteiger partial charge in [-0.05, 0) is 23.6 Å². The Balaban J connectivity index is 2.70. The third kappa shape index (κ3) is 4.68. The van der Waals surface area contributed by atoms with E-state index in [0.717, 1.165) is 12.0 Å². The number of methoxy groups -OCH3 is 1. The number of carbonyl (C=O) groups is 1. The molecule has 106 valence electrons. The molecule has 19 heavy (non-hydrogen) atoms. The molecule has 5 heteroatoms. The molecule has 0 saturated carbocycles. The highest BCUT2D eigenvalue weighted by atomic mass is 35.5. The minimum atomic E-state index is -0.315. The number of carbonyl (C=O) groups excluding carboxylic acids is 1. The van der Waals surface area contributed by atoms with Gasteiger partial charge in [0.25, 0.3) is 0 Å². The Kier molecular flexibility index (Phi) is 6.63. The topological polar surface area (TPSA) is 38.3 Å². The monoisotopic (exact) mass is 303 g/mol. The quantitative estimate of drug-likeness (QED) is 0.815. The summed E-state index contributed by atoms with van der Waals surface area (Å²) in [7, 11) is 1.40. The van der Waals surface area contributed by atoms with Crippen molar-refractivity contribution >= 4 is 29.2 Å². The van der Waals surface area contributed by atoms with E-state index in [2.05, 4.69) is 5.32 Å². The Morgan fingerprint density at radius 3 is 2.58 bits per heavy atom. The molecule has 0 aromatic heterocycles. The largest absolute Gasteiger partial charge is 0.468 e. The first kappa shape index (κ1) is 16.3. The van der Waals surface area contributed by atoms with Crippen LogP contribution in [-0.4, -0.2) is 19.1 Å². The molecule has 1 N–H and O–H groups in total. The van der Waals surface area contributed by atoms with E-state index in [-0.39, 0.29) is 17.9 Å². The summed E-state index contributed by atoms with van der Waals surface area (Å²) in [5, 5.41) is 4.25. The smallest absolute Gasteiger partial charge is 0.323 e. The minimum Gasteiger partial charge on any atom is -0.468 e. The van der Waals surface area contributed by atoms with E-state index in [1.807, 2.05) is 19.9 Å².